The predicted molar refractivity (Wildman–Crippen MR) is 184 cm³/mol. The third-order valence-corrected chi connectivity index (χ3v) is 15.8. The van der Waals surface area contributed by atoms with Gasteiger partial charge in [0.25, 0.3) is 8.32 Å². The summed E-state index contributed by atoms with van der Waals surface area (Å²) in [7, 11) is -1.56. The molecule has 0 heterocycles. The van der Waals surface area contributed by atoms with E-state index in [4.69, 9.17) is 13.9 Å². The minimum absolute atomic E-state index is 0.0687. The molecule has 9 nitrogen and oxygen atoms in total. The first-order chi connectivity index (χ1) is 21.2. The Morgan fingerprint density at radius 1 is 0.848 bits per heavy atom. The largest absolute Gasteiger partial charge is 0.502 e. The average Bonchev–Trinajstić information content (AvgIpc) is 2.96. The molecular formula is C36H60N2O7Si. The number of ketones is 1. The molecule has 0 unspecified atom stereocenters. The highest BCUT2D eigenvalue weighted by atomic mass is 28.4. The SMILES string of the molecule is COC(=O)[C@H](COC(C)(C)C)NC(=O)[C@H](C)CC(=O)[C@H](Cc1ccccc1)NC(=O)O[Si](C1CCCCC1)(C(C)(C)C)C(C)(C)C. The van der Waals surface area contributed by atoms with Gasteiger partial charge in [0.1, 0.15) is 0 Å². The fraction of sp³-hybridized carbons (Fsp3) is 0.722. The number of Topliss-reactive ketones (excluding diaryl/α,β-unsaturated/α-hetero) is 1. The summed E-state index contributed by atoms with van der Waals surface area (Å²) < 4.78 is 17.3. The van der Waals surface area contributed by atoms with Crippen molar-refractivity contribution in [3.63, 3.8) is 0 Å². The van der Waals surface area contributed by atoms with Gasteiger partial charge in [0, 0.05) is 12.3 Å². The van der Waals surface area contributed by atoms with Gasteiger partial charge in [0.15, 0.2) is 11.8 Å². The standard InChI is InChI=1S/C36H60N2O7Si/c1-25(31(40)37-29(32(41)43-11)24-44-34(2,3)4)22-30(39)28(23-26-18-14-12-15-19-26)38-33(42)45-46(35(5,6)7,36(8,9)10)27-20-16-13-17-21-27/h12,14-15,18-19,25,27-29H,13,16-17,20-24H2,1-11H3,(H,37,40)(H,38,42)/t25-,28+,29+/m1/s1. The summed E-state index contributed by atoms with van der Waals surface area (Å²) in [5.41, 5.74) is 0.677. The number of methoxy groups -OCH3 is 1. The minimum atomic E-state index is -2.80. The smallest absolute Gasteiger partial charge is 0.394 e. The van der Waals surface area contributed by atoms with Crippen LogP contribution in [0, 0.1) is 5.92 Å². The third-order valence-electron chi connectivity index (χ3n) is 9.07. The molecule has 2 amide bonds. The Morgan fingerprint density at radius 3 is 1.91 bits per heavy atom. The molecule has 3 atom stereocenters. The van der Waals surface area contributed by atoms with Crippen LogP contribution in [-0.2, 0) is 34.7 Å². The van der Waals surface area contributed by atoms with Crippen LogP contribution in [0.3, 0.4) is 0 Å². The zero-order valence-electron chi connectivity index (χ0n) is 30.2. The molecule has 1 aliphatic rings. The Balaban J connectivity index is 2.30. The van der Waals surface area contributed by atoms with Crippen molar-refractivity contribution in [3.8, 4) is 0 Å². The summed E-state index contributed by atoms with van der Waals surface area (Å²) in [5, 5.41) is 5.16. The van der Waals surface area contributed by atoms with Gasteiger partial charge in [-0.1, -0.05) is 98.1 Å². The molecule has 260 valence electrons. The average molecular weight is 661 g/mol. The fourth-order valence-electron chi connectivity index (χ4n) is 7.16. The summed E-state index contributed by atoms with van der Waals surface area (Å²) >= 11 is 0. The van der Waals surface area contributed by atoms with Crippen LogP contribution in [0.2, 0.25) is 15.6 Å². The summed E-state index contributed by atoms with van der Waals surface area (Å²) in [4.78, 5) is 53.3. The molecule has 0 aliphatic heterocycles. The van der Waals surface area contributed by atoms with Crippen molar-refractivity contribution >= 4 is 32.1 Å². The summed E-state index contributed by atoms with van der Waals surface area (Å²) in [6.07, 6.45) is 5.09. The highest BCUT2D eigenvalue weighted by molar-refractivity contribution is 6.82. The lowest BCUT2D eigenvalue weighted by atomic mass is 9.95. The van der Waals surface area contributed by atoms with Gasteiger partial charge in [0.05, 0.1) is 25.4 Å². The predicted octanol–water partition coefficient (Wildman–Crippen LogP) is 7.27. The van der Waals surface area contributed by atoms with Gasteiger partial charge in [0.2, 0.25) is 5.91 Å². The Labute approximate surface area is 278 Å². The summed E-state index contributed by atoms with van der Waals surface area (Å²) in [6.45, 7) is 20.2. The molecule has 1 aliphatic carbocycles. The van der Waals surface area contributed by atoms with Crippen molar-refractivity contribution in [1.29, 1.82) is 0 Å². The van der Waals surface area contributed by atoms with Crippen LogP contribution in [0.1, 0.15) is 113 Å². The number of hydrogen-bond donors (Lipinski definition) is 2. The molecule has 1 aromatic carbocycles. The van der Waals surface area contributed by atoms with Gasteiger partial charge in [-0.2, -0.15) is 0 Å². The topological polar surface area (TPSA) is 120 Å². The quantitative estimate of drug-likeness (QED) is 0.169. The maximum Gasteiger partial charge on any atom is 0.394 e. The molecule has 1 saturated carbocycles. The number of benzene rings is 1. The number of rotatable bonds is 13. The van der Waals surface area contributed by atoms with Crippen LogP contribution in [0.15, 0.2) is 30.3 Å². The highest BCUT2D eigenvalue weighted by Gasteiger charge is 2.62. The first-order valence-electron chi connectivity index (χ1n) is 16.8. The maximum absolute atomic E-state index is 13.9. The van der Waals surface area contributed by atoms with E-state index in [1.807, 2.05) is 51.1 Å². The number of ether oxygens (including phenoxy) is 2. The zero-order chi connectivity index (χ0) is 34.9. The van der Waals surface area contributed by atoms with Crippen LogP contribution >= 0.6 is 0 Å². The van der Waals surface area contributed by atoms with E-state index in [1.54, 1.807) is 6.92 Å². The van der Waals surface area contributed by atoms with Crippen molar-refractivity contribution in [2.45, 2.75) is 147 Å². The van der Waals surface area contributed by atoms with Gasteiger partial charge in [-0.05, 0) is 61.2 Å². The van der Waals surface area contributed by atoms with E-state index in [9.17, 15) is 19.2 Å². The first kappa shape index (κ1) is 39.5. The second-order valence-corrected chi connectivity index (χ2v) is 21.4. The number of amides is 2. The number of hydrogen-bond acceptors (Lipinski definition) is 7. The lowest BCUT2D eigenvalue weighted by Crippen LogP contribution is -2.61. The van der Waals surface area contributed by atoms with Gasteiger partial charge < -0.3 is 24.5 Å². The molecule has 0 saturated heterocycles. The van der Waals surface area contributed by atoms with E-state index in [0.717, 1.165) is 31.2 Å². The summed E-state index contributed by atoms with van der Waals surface area (Å²) in [5.74, 6) is -2.18. The number of carbonyl (C=O) groups excluding carboxylic acids is 4. The number of esters is 1. The fourth-order valence-corrected chi connectivity index (χ4v) is 14.2. The van der Waals surface area contributed by atoms with Crippen LogP contribution < -0.4 is 10.6 Å². The number of nitrogens with one attached hydrogen (secondary N) is 2. The van der Waals surface area contributed by atoms with Crippen LogP contribution in [-0.4, -0.2) is 63.5 Å². The molecule has 0 bridgehead atoms. The van der Waals surface area contributed by atoms with Crippen LogP contribution in [0.4, 0.5) is 4.79 Å². The Morgan fingerprint density at radius 2 is 1.41 bits per heavy atom. The zero-order valence-corrected chi connectivity index (χ0v) is 31.2. The van der Waals surface area contributed by atoms with Crippen LogP contribution in [0.5, 0.6) is 0 Å². The van der Waals surface area contributed by atoms with E-state index in [0.29, 0.717) is 5.54 Å². The molecule has 0 aromatic heterocycles. The normalized spacial score (nSPS) is 16.9. The molecule has 2 rings (SSSR count). The monoisotopic (exact) mass is 660 g/mol. The Kier molecular flexibility index (Phi) is 14.1. The molecule has 1 fully saturated rings. The highest BCUT2D eigenvalue weighted by Crippen LogP contribution is 2.60. The molecule has 0 radical (unpaired) electrons. The Hall–Kier alpha value is -2.72. The van der Waals surface area contributed by atoms with Crippen LogP contribution in [0.25, 0.3) is 0 Å². The van der Waals surface area contributed by atoms with E-state index in [1.165, 1.54) is 13.5 Å². The van der Waals surface area contributed by atoms with E-state index < -0.39 is 49.9 Å². The molecule has 1 aromatic rings. The van der Waals surface area contributed by atoms with E-state index in [2.05, 4.69) is 52.2 Å². The van der Waals surface area contributed by atoms with Gasteiger partial charge >= 0.3 is 12.1 Å². The van der Waals surface area contributed by atoms with Crippen molar-refractivity contribution < 1.29 is 33.1 Å². The summed E-state index contributed by atoms with van der Waals surface area (Å²) in [6, 6.07) is 7.57. The van der Waals surface area contributed by atoms with Gasteiger partial charge in [-0.15, -0.1) is 0 Å². The van der Waals surface area contributed by atoms with Crippen molar-refractivity contribution in [2.24, 2.45) is 5.92 Å². The van der Waals surface area contributed by atoms with E-state index in [-0.39, 0.29) is 35.3 Å². The molecule has 2 N–H and O–H groups in total. The van der Waals surface area contributed by atoms with Gasteiger partial charge in [-0.25, -0.2) is 9.59 Å². The maximum atomic E-state index is 13.9. The van der Waals surface area contributed by atoms with E-state index >= 15 is 0 Å². The molecular weight excluding hydrogens is 600 g/mol. The Bertz CT molecular complexity index is 1150. The lowest BCUT2D eigenvalue weighted by molar-refractivity contribution is -0.149. The number of carbonyl (C=O) groups is 4. The molecule has 46 heavy (non-hydrogen) atoms. The van der Waals surface area contributed by atoms with Gasteiger partial charge in [-0.3, -0.25) is 9.59 Å². The lowest BCUT2D eigenvalue weighted by Gasteiger charge is -2.54. The molecule has 0 spiro atoms. The molecule has 10 heteroatoms. The van der Waals surface area contributed by atoms with Crippen molar-refractivity contribution in [3.05, 3.63) is 35.9 Å². The minimum Gasteiger partial charge on any atom is -0.502 e. The second-order valence-electron chi connectivity index (χ2n) is 15.9. The second kappa shape index (κ2) is 16.4. The van der Waals surface area contributed by atoms with Crippen molar-refractivity contribution in [1.82, 2.24) is 10.6 Å². The van der Waals surface area contributed by atoms with Crippen molar-refractivity contribution in [2.75, 3.05) is 13.7 Å². The first-order valence-corrected chi connectivity index (χ1v) is 18.8. The third kappa shape index (κ3) is 10.9.